The number of aromatic nitrogens is 2. The third-order valence-corrected chi connectivity index (χ3v) is 2.96. The van der Waals surface area contributed by atoms with Gasteiger partial charge in [-0.1, -0.05) is 25.4 Å². The molecule has 0 saturated heterocycles. The fraction of sp³-hybridized carbons (Fsp3) is 0.214. The summed E-state index contributed by atoms with van der Waals surface area (Å²) < 4.78 is 0. The lowest BCUT2D eigenvalue weighted by molar-refractivity contribution is 1.35. The van der Waals surface area contributed by atoms with Crippen LogP contribution in [-0.4, -0.2) is 17.0 Å². The number of anilines is 1. The van der Waals surface area contributed by atoms with E-state index in [0.717, 1.165) is 32.5 Å². The molecule has 4 heteroatoms. The molecule has 0 radical (unpaired) electrons. The highest BCUT2D eigenvalue weighted by Gasteiger charge is 2.08. The summed E-state index contributed by atoms with van der Waals surface area (Å²) in [5, 5.41) is 6.13. The van der Waals surface area contributed by atoms with E-state index in [0.29, 0.717) is 0 Å². The standard InChI is InChI=1S/C12H10ClN3.C2H6/c1-14-10-5-7(13)4-9-8-2-3-15-6-11(8)16-12(9)10;1-2/h2-6,14,16H,1H3;1-2H3. The molecular formula is C14H16ClN3. The number of hydrogen-bond donors (Lipinski definition) is 2. The van der Waals surface area contributed by atoms with E-state index in [1.807, 2.05) is 45.3 Å². The van der Waals surface area contributed by atoms with Gasteiger partial charge in [0.15, 0.2) is 0 Å². The van der Waals surface area contributed by atoms with Crippen molar-refractivity contribution < 1.29 is 0 Å². The Bertz CT molecular complexity index is 673. The van der Waals surface area contributed by atoms with Gasteiger partial charge in [-0.3, -0.25) is 4.98 Å². The van der Waals surface area contributed by atoms with Crippen LogP contribution in [0.25, 0.3) is 21.8 Å². The van der Waals surface area contributed by atoms with Gasteiger partial charge in [0.2, 0.25) is 0 Å². The third-order valence-electron chi connectivity index (χ3n) is 2.74. The van der Waals surface area contributed by atoms with Crippen LogP contribution >= 0.6 is 11.6 Å². The summed E-state index contributed by atoms with van der Waals surface area (Å²) in [6.07, 6.45) is 3.61. The van der Waals surface area contributed by atoms with Gasteiger partial charge in [0, 0.05) is 29.0 Å². The van der Waals surface area contributed by atoms with Crippen LogP contribution in [0.5, 0.6) is 0 Å². The molecule has 0 saturated carbocycles. The first kappa shape index (κ1) is 12.7. The number of aromatic amines is 1. The first-order chi connectivity index (χ1) is 8.79. The maximum atomic E-state index is 6.09. The minimum atomic E-state index is 0.731. The lowest BCUT2D eigenvalue weighted by Crippen LogP contribution is -1.88. The molecule has 94 valence electrons. The minimum absolute atomic E-state index is 0.731. The largest absolute Gasteiger partial charge is 0.386 e. The Morgan fingerprint density at radius 3 is 2.72 bits per heavy atom. The van der Waals surface area contributed by atoms with E-state index in [1.165, 1.54) is 0 Å². The normalized spacial score (nSPS) is 10.2. The number of fused-ring (bicyclic) bond motifs is 3. The molecule has 3 aromatic rings. The summed E-state index contributed by atoms with van der Waals surface area (Å²) in [6, 6.07) is 5.87. The average molecular weight is 262 g/mol. The molecule has 0 amide bonds. The smallest absolute Gasteiger partial charge is 0.0701 e. The van der Waals surface area contributed by atoms with Crippen LogP contribution in [0.4, 0.5) is 5.69 Å². The van der Waals surface area contributed by atoms with Gasteiger partial charge in [0.25, 0.3) is 0 Å². The van der Waals surface area contributed by atoms with Crippen molar-refractivity contribution in [3.05, 3.63) is 35.6 Å². The van der Waals surface area contributed by atoms with E-state index < -0.39 is 0 Å². The summed E-state index contributed by atoms with van der Waals surface area (Å²) in [5.41, 5.74) is 3.09. The minimum Gasteiger partial charge on any atom is -0.386 e. The molecule has 0 fully saturated rings. The van der Waals surface area contributed by atoms with Crippen molar-refractivity contribution in [3.8, 4) is 0 Å². The highest BCUT2D eigenvalue weighted by Crippen LogP contribution is 2.32. The van der Waals surface area contributed by atoms with E-state index in [9.17, 15) is 0 Å². The van der Waals surface area contributed by atoms with Crippen molar-refractivity contribution in [1.29, 1.82) is 0 Å². The Kier molecular flexibility index (Phi) is 3.72. The van der Waals surface area contributed by atoms with Gasteiger partial charge in [-0.2, -0.15) is 0 Å². The number of halogens is 1. The SMILES string of the molecule is CC.CNc1cc(Cl)cc2c1[nH]c1cnccc12. The van der Waals surface area contributed by atoms with Gasteiger partial charge in [-0.05, 0) is 18.2 Å². The molecule has 0 aliphatic heterocycles. The lowest BCUT2D eigenvalue weighted by Gasteiger charge is -2.02. The zero-order chi connectivity index (χ0) is 13.1. The van der Waals surface area contributed by atoms with Crippen LogP contribution in [0, 0.1) is 0 Å². The average Bonchev–Trinajstić information content (AvgIpc) is 2.79. The zero-order valence-corrected chi connectivity index (χ0v) is 11.5. The van der Waals surface area contributed by atoms with E-state index in [2.05, 4.69) is 15.3 Å². The number of hydrogen-bond acceptors (Lipinski definition) is 2. The molecule has 0 bridgehead atoms. The van der Waals surface area contributed by atoms with Gasteiger partial charge in [0.1, 0.15) is 0 Å². The summed E-state index contributed by atoms with van der Waals surface area (Å²) in [4.78, 5) is 7.44. The van der Waals surface area contributed by atoms with Gasteiger partial charge in [-0.25, -0.2) is 0 Å². The number of H-pyrrole nitrogens is 1. The second kappa shape index (κ2) is 5.27. The van der Waals surface area contributed by atoms with E-state index >= 15 is 0 Å². The van der Waals surface area contributed by atoms with Crippen LogP contribution in [0.3, 0.4) is 0 Å². The van der Waals surface area contributed by atoms with E-state index in [4.69, 9.17) is 11.6 Å². The fourth-order valence-electron chi connectivity index (χ4n) is 2.01. The molecule has 2 aromatic heterocycles. The number of nitrogens with one attached hydrogen (secondary N) is 2. The molecular weight excluding hydrogens is 246 g/mol. The molecule has 0 spiro atoms. The van der Waals surface area contributed by atoms with Crippen LogP contribution < -0.4 is 5.32 Å². The molecule has 0 atom stereocenters. The fourth-order valence-corrected chi connectivity index (χ4v) is 2.23. The van der Waals surface area contributed by atoms with Crippen molar-refractivity contribution in [2.24, 2.45) is 0 Å². The predicted octanol–water partition coefficient (Wildman–Crippen LogP) is 4.44. The van der Waals surface area contributed by atoms with Gasteiger partial charge in [0.05, 0.1) is 22.9 Å². The molecule has 0 unspecified atom stereocenters. The Balaban J connectivity index is 0.000000574. The molecule has 0 aliphatic rings. The maximum Gasteiger partial charge on any atom is 0.0701 e. The predicted molar refractivity (Wildman–Crippen MR) is 79.5 cm³/mol. The quantitative estimate of drug-likeness (QED) is 0.680. The molecule has 18 heavy (non-hydrogen) atoms. The second-order valence-corrected chi connectivity index (χ2v) is 4.11. The first-order valence-electron chi connectivity index (χ1n) is 6.02. The van der Waals surface area contributed by atoms with Crippen molar-refractivity contribution >= 4 is 39.1 Å². The van der Waals surface area contributed by atoms with Gasteiger partial charge < -0.3 is 10.3 Å². The Hall–Kier alpha value is -1.74. The van der Waals surface area contributed by atoms with Crippen LogP contribution in [0.15, 0.2) is 30.6 Å². The van der Waals surface area contributed by atoms with Gasteiger partial charge >= 0.3 is 0 Å². The van der Waals surface area contributed by atoms with Gasteiger partial charge in [-0.15, -0.1) is 0 Å². The molecule has 0 aliphatic carbocycles. The second-order valence-electron chi connectivity index (χ2n) is 3.67. The van der Waals surface area contributed by atoms with Crippen molar-refractivity contribution in [1.82, 2.24) is 9.97 Å². The first-order valence-corrected chi connectivity index (χ1v) is 6.40. The monoisotopic (exact) mass is 261 g/mol. The summed E-state index contributed by atoms with van der Waals surface area (Å²) in [5.74, 6) is 0. The zero-order valence-electron chi connectivity index (χ0n) is 10.7. The Labute approximate surface area is 111 Å². The highest BCUT2D eigenvalue weighted by molar-refractivity contribution is 6.32. The van der Waals surface area contributed by atoms with Crippen molar-refractivity contribution in [2.45, 2.75) is 13.8 Å². The summed E-state index contributed by atoms with van der Waals surface area (Å²) in [6.45, 7) is 4.00. The van der Waals surface area contributed by atoms with Crippen LogP contribution in [0.1, 0.15) is 13.8 Å². The lowest BCUT2D eigenvalue weighted by atomic mass is 10.1. The number of pyridine rings is 1. The Morgan fingerprint density at radius 2 is 2.00 bits per heavy atom. The highest BCUT2D eigenvalue weighted by atomic mass is 35.5. The van der Waals surface area contributed by atoms with E-state index in [-0.39, 0.29) is 0 Å². The number of nitrogens with zero attached hydrogens (tertiary/aromatic N) is 1. The maximum absolute atomic E-state index is 6.09. The summed E-state index contributed by atoms with van der Waals surface area (Å²) >= 11 is 6.09. The van der Waals surface area contributed by atoms with Crippen molar-refractivity contribution in [2.75, 3.05) is 12.4 Å². The van der Waals surface area contributed by atoms with Crippen LogP contribution in [0.2, 0.25) is 5.02 Å². The molecule has 2 heterocycles. The summed E-state index contributed by atoms with van der Waals surface area (Å²) in [7, 11) is 1.88. The Morgan fingerprint density at radius 1 is 1.22 bits per heavy atom. The molecule has 2 N–H and O–H groups in total. The number of benzene rings is 1. The molecule has 3 rings (SSSR count). The van der Waals surface area contributed by atoms with Crippen molar-refractivity contribution in [3.63, 3.8) is 0 Å². The van der Waals surface area contributed by atoms with Crippen LogP contribution in [-0.2, 0) is 0 Å². The third kappa shape index (κ3) is 2.02. The molecule has 1 aromatic carbocycles. The topological polar surface area (TPSA) is 40.7 Å². The number of rotatable bonds is 1. The molecule has 3 nitrogen and oxygen atoms in total. The van der Waals surface area contributed by atoms with E-state index in [1.54, 1.807) is 6.20 Å².